The molecule has 1 rings (SSSR count). The molecular formula is C16H31NO. The number of aliphatic imine (C=N–C) groups is 1. The minimum atomic E-state index is 0.568. The Morgan fingerprint density at radius 1 is 1.22 bits per heavy atom. The molecule has 1 unspecified atom stereocenters. The Morgan fingerprint density at radius 3 is 2.33 bits per heavy atom. The van der Waals surface area contributed by atoms with Crippen LogP contribution in [0.15, 0.2) is 17.0 Å². The quantitative estimate of drug-likeness (QED) is 0.637. The van der Waals surface area contributed by atoms with Gasteiger partial charge in [0.15, 0.2) is 0 Å². The molecule has 2 heteroatoms. The number of nitrogens with zero attached hydrogens (tertiary/aromatic N) is 1. The fourth-order valence-electron chi connectivity index (χ4n) is 1.68. The van der Waals surface area contributed by atoms with E-state index in [4.69, 9.17) is 4.74 Å². The number of allylic oxidation sites excluding steroid dienone is 1. The lowest BCUT2D eigenvalue weighted by atomic mass is 10.0. The van der Waals surface area contributed by atoms with Crippen LogP contribution in [0.1, 0.15) is 67.2 Å². The molecule has 0 aromatic carbocycles. The van der Waals surface area contributed by atoms with Crippen molar-refractivity contribution >= 4 is 5.71 Å². The van der Waals surface area contributed by atoms with E-state index in [1.807, 2.05) is 20.0 Å². The highest BCUT2D eigenvalue weighted by Crippen LogP contribution is 2.18. The van der Waals surface area contributed by atoms with Gasteiger partial charge in [-0.15, -0.1) is 0 Å². The highest BCUT2D eigenvalue weighted by Gasteiger charge is 2.11. The van der Waals surface area contributed by atoms with Gasteiger partial charge in [-0.3, -0.25) is 4.99 Å². The average molecular weight is 253 g/mol. The molecule has 0 aliphatic carbocycles. The van der Waals surface area contributed by atoms with Gasteiger partial charge in [-0.1, -0.05) is 48.0 Å². The number of rotatable bonds is 6. The molecule has 1 heterocycles. The fraction of sp³-hybridized carbons (Fsp3) is 0.812. The van der Waals surface area contributed by atoms with E-state index in [1.54, 1.807) is 0 Å². The Bertz CT molecular complexity index is 266. The van der Waals surface area contributed by atoms with Crippen molar-refractivity contribution in [2.75, 3.05) is 6.61 Å². The van der Waals surface area contributed by atoms with Crippen LogP contribution in [0.25, 0.3) is 0 Å². The van der Waals surface area contributed by atoms with Crippen LogP contribution < -0.4 is 0 Å². The summed E-state index contributed by atoms with van der Waals surface area (Å²) >= 11 is 0. The lowest BCUT2D eigenvalue weighted by Gasteiger charge is -2.17. The summed E-state index contributed by atoms with van der Waals surface area (Å²) < 4.78 is 5.74. The van der Waals surface area contributed by atoms with E-state index in [9.17, 15) is 0 Å². The molecule has 0 N–H and O–H groups in total. The molecule has 0 aromatic rings. The second-order valence-corrected chi connectivity index (χ2v) is 5.02. The summed E-state index contributed by atoms with van der Waals surface area (Å²) in [5.74, 6) is 2.39. The highest BCUT2D eigenvalue weighted by molar-refractivity contribution is 5.87. The summed E-state index contributed by atoms with van der Waals surface area (Å²) in [5.41, 5.74) is 1.30. The van der Waals surface area contributed by atoms with Gasteiger partial charge in [-0.05, 0) is 24.7 Å². The number of ether oxygens (including phenoxy) is 1. The zero-order valence-electron chi connectivity index (χ0n) is 13.1. The molecule has 1 aliphatic heterocycles. The first kappa shape index (κ1) is 17.2. The first-order valence-corrected chi connectivity index (χ1v) is 7.51. The van der Waals surface area contributed by atoms with Crippen molar-refractivity contribution in [2.24, 2.45) is 16.8 Å². The van der Waals surface area contributed by atoms with Crippen molar-refractivity contribution in [3.05, 3.63) is 12.0 Å². The first-order valence-electron chi connectivity index (χ1n) is 7.51. The van der Waals surface area contributed by atoms with Crippen molar-refractivity contribution in [2.45, 2.75) is 67.2 Å². The molecule has 1 aliphatic rings. The van der Waals surface area contributed by atoms with E-state index >= 15 is 0 Å². The molecule has 0 spiro atoms. The molecule has 0 saturated heterocycles. The summed E-state index contributed by atoms with van der Waals surface area (Å²) in [6.45, 7) is 13.7. The molecule has 1 atom stereocenters. The van der Waals surface area contributed by atoms with Gasteiger partial charge in [-0.25, -0.2) is 0 Å². The molecule has 0 bridgehead atoms. The second kappa shape index (κ2) is 10.2. The maximum absolute atomic E-state index is 5.74. The third kappa shape index (κ3) is 6.83. The third-order valence-corrected chi connectivity index (χ3v) is 3.26. The molecule has 2 nitrogen and oxygen atoms in total. The van der Waals surface area contributed by atoms with Crippen LogP contribution in [0.2, 0.25) is 0 Å². The van der Waals surface area contributed by atoms with Crippen LogP contribution in [0.5, 0.6) is 0 Å². The summed E-state index contributed by atoms with van der Waals surface area (Å²) in [7, 11) is 0. The minimum absolute atomic E-state index is 0.568. The zero-order valence-corrected chi connectivity index (χ0v) is 13.1. The van der Waals surface area contributed by atoms with Crippen molar-refractivity contribution in [3.63, 3.8) is 0 Å². The van der Waals surface area contributed by atoms with E-state index in [0.29, 0.717) is 5.92 Å². The van der Waals surface area contributed by atoms with Crippen LogP contribution in [-0.4, -0.2) is 12.3 Å². The normalized spacial score (nSPS) is 16.4. The van der Waals surface area contributed by atoms with Crippen LogP contribution >= 0.6 is 0 Å². The molecule has 0 amide bonds. The maximum Gasteiger partial charge on any atom is 0.114 e. The van der Waals surface area contributed by atoms with Gasteiger partial charge < -0.3 is 4.74 Å². The zero-order chi connectivity index (χ0) is 14.0. The van der Waals surface area contributed by atoms with Gasteiger partial charge in [0.25, 0.3) is 0 Å². The lowest BCUT2D eigenvalue weighted by molar-refractivity contribution is 0.182. The molecular weight excluding hydrogens is 222 g/mol. The predicted octanol–water partition coefficient (Wildman–Crippen LogP) is 5.20. The van der Waals surface area contributed by atoms with Crippen molar-refractivity contribution in [3.8, 4) is 0 Å². The number of hydrogen-bond acceptors (Lipinski definition) is 2. The Kier molecular flexibility index (Phi) is 9.72. The van der Waals surface area contributed by atoms with Crippen molar-refractivity contribution in [1.82, 2.24) is 0 Å². The number of hydrogen-bond donors (Lipinski definition) is 0. The Hall–Kier alpha value is -0.790. The standard InChI is InChI=1S/C14H25NO.C2H6/c1-5-12(4)8-9-16-13-6-7-14(11(2)3)15-10-13;1-2/h10-12H,5-9H2,1-4H3;1-2H3. The van der Waals surface area contributed by atoms with E-state index in [1.165, 1.54) is 12.1 Å². The Balaban J connectivity index is 0.00000137. The molecule has 18 heavy (non-hydrogen) atoms. The van der Waals surface area contributed by atoms with E-state index in [0.717, 1.165) is 37.5 Å². The largest absolute Gasteiger partial charge is 0.496 e. The summed E-state index contributed by atoms with van der Waals surface area (Å²) in [5, 5.41) is 0. The predicted molar refractivity (Wildman–Crippen MR) is 81.0 cm³/mol. The van der Waals surface area contributed by atoms with Crippen LogP contribution in [0.4, 0.5) is 0 Å². The van der Waals surface area contributed by atoms with Gasteiger partial charge in [0.05, 0.1) is 12.8 Å². The highest BCUT2D eigenvalue weighted by atomic mass is 16.5. The summed E-state index contributed by atoms with van der Waals surface area (Å²) in [6.07, 6.45) is 6.38. The van der Waals surface area contributed by atoms with Crippen LogP contribution in [0, 0.1) is 11.8 Å². The van der Waals surface area contributed by atoms with Gasteiger partial charge in [0, 0.05) is 12.1 Å². The third-order valence-electron chi connectivity index (χ3n) is 3.26. The minimum Gasteiger partial charge on any atom is -0.496 e. The first-order chi connectivity index (χ1) is 8.63. The average Bonchev–Trinajstić information content (AvgIpc) is 2.41. The summed E-state index contributed by atoms with van der Waals surface area (Å²) in [6, 6.07) is 0. The molecule has 106 valence electrons. The van der Waals surface area contributed by atoms with Gasteiger partial charge in [0.2, 0.25) is 0 Å². The van der Waals surface area contributed by atoms with E-state index < -0.39 is 0 Å². The molecule has 0 saturated carbocycles. The lowest BCUT2D eigenvalue weighted by Crippen LogP contribution is -2.12. The fourth-order valence-corrected chi connectivity index (χ4v) is 1.68. The Morgan fingerprint density at radius 2 is 1.89 bits per heavy atom. The molecule has 0 fully saturated rings. The molecule has 0 radical (unpaired) electrons. The van der Waals surface area contributed by atoms with Crippen LogP contribution in [-0.2, 0) is 4.74 Å². The topological polar surface area (TPSA) is 21.6 Å². The van der Waals surface area contributed by atoms with E-state index in [2.05, 4.69) is 32.7 Å². The molecule has 0 aromatic heterocycles. The summed E-state index contributed by atoms with van der Waals surface area (Å²) in [4.78, 5) is 4.46. The Labute approximate surface area is 114 Å². The van der Waals surface area contributed by atoms with Gasteiger partial charge in [-0.2, -0.15) is 0 Å². The van der Waals surface area contributed by atoms with E-state index in [-0.39, 0.29) is 0 Å². The SMILES string of the molecule is CC.CCC(C)CCOC1=CN=C(C(C)C)CC1. The van der Waals surface area contributed by atoms with Gasteiger partial charge >= 0.3 is 0 Å². The smallest absolute Gasteiger partial charge is 0.114 e. The monoisotopic (exact) mass is 253 g/mol. The van der Waals surface area contributed by atoms with Crippen molar-refractivity contribution < 1.29 is 4.74 Å². The van der Waals surface area contributed by atoms with Gasteiger partial charge in [0.1, 0.15) is 5.76 Å². The van der Waals surface area contributed by atoms with Crippen LogP contribution in [0.3, 0.4) is 0 Å². The van der Waals surface area contributed by atoms with Crippen molar-refractivity contribution in [1.29, 1.82) is 0 Å². The maximum atomic E-state index is 5.74. The second-order valence-electron chi connectivity index (χ2n) is 5.02.